The molecule has 2 amide bonds. The Hall–Kier alpha value is -3.86. The Bertz CT molecular complexity index is 1710. The third kappa shape index (κ3) is 7.74. The second-order valence-corrected chi connectivity index (χ2v) is 11.8. The van der Waals surface area contributed by atoms with Gasteiger partial charge in [-0.05, 0) is 89.0 Å². The summed E-state index contributed by atoms with van der Waals surface area (Å²) in [7, 11) is 1.71. The first-order valence-corrected chi connectivity index (χ1v) is 15.2. The van der Waals surface area contributed by atoms with Crippen LogP contribution in [0.2, 0.25) is 0 Å². The lowest BCUT2D eigenvalue weighted by molar-refractivity contribution is -0.137. The number of fused-ring (bicyclic) bond motifs is 2. The van der Waals surface area contributed by atoms with Crippen LogP contribution in [0.3, 0.4) is 0 Å². The highest BCUT2D eigenvalue weighted by Gasteiger charge is 2.45. The van der Waals surface area contributed by atoms with Crippen molar-refractivity contribution in [3.05, 3.63) is 82.7 Å². The van der Waals surface area contributed by atoms with Gasteiger partial charge < -0.3 is 23.5 Å². The summed E-state index contributed by atoms with van der Waals surface area (Å²) in [5, 5.41) is 0.605. The summed E-state index contributed by atoms with van der Waals surface area (Å²) in [5.41, 5.74) is 1.96. The number of nitrogens with zero attached hydrogens (tertiary/aromatic N) is 5. The van der Waals surface area contributed by atoms with E-state index in [1.54, 1.807) is 59.9 Å². The van der Waals surface area contributed by atoms with E-state index < -0.39 is 5.41 Å². The van der Waals surface area contributed by atoms with Crippen molar-refractivity contribution >= 4 is 59.0 Å². The van der Waals surface area contributed by atoms with Gasteiger partial charge in [-0.2, -0.15) is 0 Å². The van der Waals surface area contributed by atoms with E-state index in [-0.39, 0.29) is 42.2 Å². The van der Waals surface area contributed by atoms with Crippen molar-refractivity contribution in [2.75, 3.05) is 43.1 Å². The number of aromatic nitrogens is 2. The quantitative estimate of drug-likeness (QED) is 0.137. The third-order valence-electron chi connectivity index (χ3n) is 8.27. The molecule has 1 aliphatic rings. The van der Waals surface area contributed by atoms with E-state index in [1.807, 2.05) is 50.2 Å². The van der Waals surface area contributed by atoms with Crippen molar-refractivity contribution in [3.8, 4) is 5.75 Å². The Morgan fingerprint density at radius 3 is 2.39 bits per heavy atom. The molecule has 1 aromatic carbocycles. The van der Waals surface area contributed by atoms with E-state index in [0.29, 0.717) is 54.3 Å². The second-order valence-electron chi connectivity index (χ2n) is 11.8. The molecule has 0 fully saturated rings. The molecule has 1 aliphatic heterocycles. The monoisotopic (exact) mass is 671 g/mol. The first kappa shape index (κ1) is 36.6. The lowest BCUT2D eigenvalue weighted by Crippen LogP contribution is -2.47. The van der Waals surface area contributed by atoms with Crippen LogP contribution in [0.25, 0.3) is 11.0 Å². The molecule has 46 heavy (non-hydrogen) atoms. The number of furan rings is 1. The Labute approximate surface area is 282 Å². The average Bonchev–Trinajstić information content (AvgIpc) is 3.40. The molecular formula is C34H43Cl2N5O5. The molecule has 0 atom stereocenters. The Morgan fingerprint density at radius 1 is 0.935 bits per heavy atom. The van der Waals surface area contributed by atoms with E-state index in [2.05, 4.69) is 9.88 Å². The fourth-order valence-corrected chi connectivity index (χ4v) is 5.74. The molecule has 4 aromatic rings. The summed E-state index contributed by atoms with van der Waals surface area (Å²) in [4.78, 5) is 49.0. The van der Waals surface area contributed by atoms with Gasteiger partial charge in [0.15, 0.2) is 0 Å². The molecule has 0 saturated heterocycles. The van der Waals surface area contributed by atoms with Crippen molar-refractivity contribution in [1.82, 2.24) is 14.5 Å². The zero-order valence-corrected chi connectivity index (χ0v) is 28.7. The van der Waals surface area contributed by atoms with Crippen molar-refractivity contribution in [3.63, 3.8) is 0 Å². The van der Waals surface area contributed by atoms with Gasteiger partial charge in [0, 0.05) is 57.9 Å². The number of amides is 2. The molecule has 0 spiro atoms. The minimum absolute atomic E-state index is 0. The van der Waals surface area contributed by atoms with E-state index in [4.69, 9.17) is 9.15 Å². The normalized spacial score (nSPS) is 14.1. The van der Waals surface area contributed by atoms with Gasteiger partial charge in [-0.15, -0.1) is 24.8 Å². The van der Waals surface area contributed by atoms with Crippen LogP contribution in [0.1, 0.15) is 44.9 Å². The first-order valence-electron chi connectivity index (χ1n) is 15.2. The van der Waals surface area contributed by atoms with Gasteiger partial charge in [-0.1, -0.05) is 0 Å². The summed E-state index contributed by atoms with van der Waals surface area (Å²) in [6.07, 6.45) is 7.11. The summed E-state index contributed by atoms with van der Waals surface area (Å²) < 4.78 is 13.5. The van der Waals surface area contributed by atoms with Crippen LogP contribution in [0.5, 0.6) is 5.75 Å². The molecule has 0 saturated carbocycles. The molecule has 0 bridgehead atoms. The van der Waals surface area contributed by atoms with Crippen LogP contribution in [0.15, 0.2) is 70.3 Å². The van der Waals surface area contributed by atoms with Gasteiger partial charge >= 0.3 is 0 Å². The molecule has 0 unspecified atom stereocenters. The molecular weight excluding hydrogens is 629 g/mol. The van der Waals surface area contributed by atoms with Gasteiger partial charge in [0.05, 0.1) is 23.4 Å². The van der Waals surface area contributed by atoms with Crippen LogP contribution in [0.4, 0.5) is 11.4 Å². The van der Waals surface area contributed by atoms with Crippen LogP contribution >= 0.6 is 24.8 Å². The number of ether oxygens (including phenoxy) is 1. The van der Waals surface area contributed by atoms with Crippen molar-refractivity contribution in [2.45, 2.75) is 53.6 Å². The van der Waals surface area contributed by atoms with Crippen LogP contribution in [0, 0.1) is 12.3 Å². The number of anilines is 2. The molecule has 5 rings (SSSR count). The van der Waals surface area contributed by atoms with Crippen LogP contribution in [-0.2, 0) is 22.7 Å². The lowest BCUT2D eigenvalue weighted by Gasteiger charge is -2.27. The number of carbonyl (C=O) groups is 2. The minimum atomic E-state index is -1.15. The number of aryl methyl sites for hydroxylation is 1. The fraction of sp³-hybridized carbons (Fsp3) is 0.412. The smallest absolute Gasteiger partial charge is 0.261 e. The molecule has 12 heteroatoms. The highest BCUT2D eigenvalue weighted by Crippen LogP contribution is 2.40. The van der Waals surface area contributed by atoms with E-state index in [1.165, 1.54) is 0 Å². The van der Waals surface area contributed by atoms with E-state index >= 15 is 0 Å². The maximum Gasteiger partial charge on any atom is 0.261 e. The van der Waals surface area contributed by atoms with Gasteiger partial charge in [-0.25, -0.2) is 0 Å². The number of unbranched alkanes of at least 4 members (excludes halogenated alkanes) is 1. The van der Waals surface area contributed by atoms with Gasteiger partial charge in [-0.3, -0.25) is 24.3 Å². The van der Waals surface area contributed by atoms with E-state index in [0.717, 1.165) is 37.3 Å². The molecule has 248 valence electrons. The predicted octanol–water partition coefficient (Wildman–Crippen LogP) is 5.86. The number of hydrogen-bond donors (Lipinski definition) is 0. The number of rotatable bonds is 12. The molecule has 4 heterocycles. The predicted molar refractivity (Wildman–Crippen MR) is 186 cm³/mol. The van der Waals surface area contributed by atoms with Crippen molar-refractivity contribution in [1.29, 1.82) is 0 Å². The highest BCUT2D eigenvalue weighted by atomic mass is 35.5. The molecule has 10 nitrogen and oxygen atoms in total. The summed E-state index contributed by atoms with van der Waals surface area (Å²) in [6.45, 7) is 10.9. The average molecular weight is 673 g/mol. The lowest BCUT2D eigenvalue weighted by atomic mass is 9.90. The van der Waals surface area contributed by atoms with Crippen LogP contribution in [-0.4, -0.2) is 59.6 Å². The maximum absolute atomic E-state index is 13.1. The van der Waals surface area contributed by atoms with E-state index in [9.17, 15) is 14.4 Å². The van der Waals surface area contributed by atoms with Crippen molar-refractivity contribution < 1.29 is 18.7 Å². The number of benzene rings is 1. The SMILES string of the molecule is CCN1C(=O)C(C)(C)C(=O)N(C)c2cc(OCCCCN(CCn3ccc4oc(C)cc4c3=O)Cc3ccncc3)ccc21.Cl.Cl. The Kier molecular flexibility index (Phi) is 12.4. The fourth-order valence-electron chi connectivity index (χ4n) is 5.74. The summed E-state index contributed by atoms with van der Waals surface area (Å²) in [5.74, 6) is 0.935. The highest BCUT2D eigenvalue weighted by molar-refractivity contribution is 6.20. The summed E-state index contributed by atoms with van der Waals surface area (Å²) in [6, 6.07) is 13.2. The third-order valence-corrected chi connectivity index (χ3v) is 8.27. The number of halogens is 2. The molecule has 0 radical (unpaired) electrons. The first-order chi connectivity index (χ1) is 21.1. The number of pyridine rings is 2. The number of hydrogen-bond acceptors (Lipinski definition) is 7. The molecule has 3 aromatic heterocycles. The summed E-state index contributed by atoms with van der Waals surface area (Å²) >= 11 is 0. The van der Waals surface area contributed by atoms with Crippen LogP contribution < -0.4 is 20.1 Å². The Morgan fingerprint density at radius 2 is 1.67 bits per heavy atom. The second kappa shape index (κ2) is 15.6. The standard InChI is InChI=1S/C34H41N5O5.2ClH/c1-6-39-28-10-9-26(22-29(28)36(5)32(41)34(3,4)33(39)42)43-20-8-7-16-37(23-25-11-14-35-15-12-25)18-19-38-17-13-30-27(31(38)40)21-24(2)44-30;;/h9-15,17,21-22H,6-8,16,18-20,23H2,1-5H3;2*1H. The topological polar surface area (TPSA) is 101 Å². The van der Waals surface area contributed by atoms with Gasteiger partial charge in [0.25, 0.3) is 5.56 Å². The van der Waals surface area contributed by atoms with Crippen molar-refractivity contribution in [2.24, 2.45) is 5.41 Å². The zero-order chi connectivity index (χ0) is 31.4. The minimum Gasteiger partial charge on any atom is -0.494 e. The number of carbonyl (C=O) groups excluding carboxylic acids is 2. The van der Waals surface area contributed by atoms with Gasteiger partial charge in [0.1, 0.15) is 22.5 Å². The largest absolute Gasteiger partial charge is 0.494 e. The molecule has 0 aliphatic carbocycles. The maximum atomic E-state index is 13.1. The van der Waals surface area contributed by atoms with Gasteiger partial charge in [0.2, 0.25) is 11.8 Å². The molecule has 0 N–H and O–H groups in total. The zero-order valence-electron chi connectivity index (χ0n) is 27.0. The Balaban J connectivity index is 0.00000288.